The number of amides is 1. The van der Waals surface area contributed by atoms with Crippen molar-refractivity contribution in [3.8, 4) is 0 Å². The van der Waals surface area contributed by atoms with Crippen molar-refractivity contribution in [1.29, 1.82) is 0 Å². The van der Waals surface area contributed by atoms with Gasteiger partial charge in [0, 0.05) is 24.7 Å². The van der Waals surface area contributed by atoms with Crippen LogP contribution in [-0.2, 0) is 4.79 Å². The van der Waals surface area contributed by atoms with Crippen LogP contribution in [-0.4, -0.2) is 67.7 Å². The van der Waals surface area contributed by atoms with E-state index in [4.69, 9.17) is 0 Å². The van der Waals surface area contributed by atoms with Crippen LogP contribution in [0.2, 0.25) is 0 Å². The summed E-state index contributed by atoms with van der Waals surface area (Å²) in [6, 6.07) is 1.29. The highest BCUT2D eigenvalue weighted by Crippen LogP contribution is 2.33. The van der Waals surface area contributed by atoms with Gasteiger partial charge in [0.25, 0.3) is 0 Å². The van der Waals surface area contributed by atoms with Gasteiger partial charge in [-0.2, -0.15) is 5.10 Å². The standard InChI is InChI=1S/C26H37N5O3S/c1-7-19(9-8-16(4)24-18(6)28-14-35-24)12-27-25(33)22-11-20(32)13-31(22)26(34)23(15(2)3)21-10-17(5)29-30-21/h7-10,14-15,20,22-23,26,32,34H,4,11-13H2,1-3,5-6H3,(H,27,33)(H,29,30)/b9-8-,19-7+/t20-,22+,23-,26?/m1/s1. The van der Waals surface area contributed by atoms with Crippen LogP contribution in [0.15, 0.2) is 42.0 Å². The first-order valence-electron chi connectivity index (χ1n) is 12.0. The van der Waals surface area contributed by atoms with Crippen LogP contribution in [0, 0.1) is 19.8 Å². The molecule has 1 aliphatic heterocycles. The number of hydrogen-bond donors (Lipinski definition) is 4. The van der Waals surface area contributed by atoms with Gasteiger partial charge in [0.05, 0.1) is 33.9 Å². The van der Waals surface area contributed by atoms with E-state index in [1.807, 2.05) is 58.9 Å². The Labute approximate surface area is 211 Å². The number of nitrogens with one attached hydrogen (secondary N) is 2. The Morgan fingerprint density at radius 1 is 1.40 bits per heavy atom. The number of carbonyl (C=O) groups is 1. The minimum atomic E-state index is -0.947. The molecule has 4 N–H and O–H groups in total. The van der Waals surface area contributed by atoms with E-state index in [0.29, 0.717) is 6.54 Å². The third-order valence-corrected chi connectivity index (χ3v) is 7.44. The summed E-state index contributed by atoms with van der Waals surface area (Å²) in [7, 11) is 0. The van der Waals surface area contributed by atoms with Crippen LogP contribution in [0.3, 0.4) is 0 Å². The number of aromatic nitrogens is 3. The Kier molecular flexibility index (Phi) is 9.18. The number of carbonyl (C=O) groups excluding carboxylic acids is 1. The summed E-state index contributed by atoms with van der Waals surface area (Å²) in [6.45, 7) is 14.5. The molecule has 35 heavy (non-hydrogen) atoms. The summed E-state index contributed by atoms with van der Waals surface area (Å²) in [5.41, 5.74) is 6.21. The molecule has 0 saturated carbocycles. The van der Waals surface area contributed by atoms with E-state index >= 15 is 0 Å². The smallest absolute Gasteiger partial charge is 0.237 e. The second kappa shape index (κ2) is 11.9. The van der Waals surface area contributed by atoms with Gasteiger partial charge in [0.1, 0.15) is 6.23 Å². The Bertz CT molecular complexity index is 1090. The highest BCUT2D eigenvalue weighted by Gasteiger charge is 2.43. The molecule has 0 aromatic carbocycles. The van der Waals surface area contributed by atoms with Crippen molar-refractivity contribution < 1.29 is 15.0 Å². The number of thiazole rings is 1. The Morgan fingerprint density at radius 2 is 2.14 bits per heavy atom. The lowest BCUT2D eigenvalue weighted by Crippen LogP contribution is -2.50. The summed E-state index contributed by atoms with van der Waals surface area (Å²) < 4.78 is 0. The quantitative estimate of drug-likeness (QED) is 0.373. The van der Waals surface area contributed by atoms with E-state index in [2.05, 4.69) is 27.1 Å². The largest absolute Gasteiger partial charge is 0.392 e. The Hall–Kier alpha value is -2.59. The maximum Gasteiger partial charge on any atom is 0.237 e. The number of β-amino-alcohol motifs (C(OH)–C–C–N with tert-alkyl or cyclic N) is 1. The first-order chi connectivity index (χ1) is 16.6. The van der Waals surface area contributed by atoms with Gasteiger partial charge in [0.2, 0.25) is 5.91 Å². The van der Waals surface area contributed by atoms with Gasteiger partial charge < -0.3 is 15.5 Å². The van der Waals surface area contributed by atoms with Crippen molar-refractivity contribution in [2.45, 2.75) is 65.3 Å². The number of allylic oxidation sites excluding steroid dienone is 3. The molecule has 8 nitrogen and oxygen atoms in total. The first kappa shape index (κ1) is 27.0. The van der Waals surface area contributed by atoms with Gasteiger partial charge in [-0.15, -0.1) is 11.3 Å². The van der Waals surface area contributed by atoms with Crippen LogP contribution in [0.25, 0.3) is 5.57 Å². The molecule has 1 unspecified atom stereocenters. The van der Waals surface area contributed by atoms with Gasteiger partial charge in [0.15, 0.2) is 0 Å². The summed E-state index contributed by atoms with van der Waals surface area (Å²) in [6.07, 6.45) is 4.45. The lowest BCUT2D eigenvalue weighted by molar-refractivity contribution is -0.130. The molecule has 1 saturated heterocycles. The highest BCUT2D eigenvalue weighted by atomic mass is 32.1. The number of aromatic amines is 1. The molecular formula is C26H37N5O3S. The minimum Gasteiger partial charge on any atom is -0.392 e. The molecule has 2 aromatic rings. The van der Waals surface area contributed by atoms with Gasteiger partial charge in [-0.1, -0.05) is 38.7 Å². The van der Waals surface area contributed by atoms with Crippen LogP contribution >= 0.6 is 11.3 Å². The molecular weight excluding hydrogens is 462 g/mol. The number of likely N-dealkylation sites (tertiary alicyclic amines) is 1. The average molecular weight is 500 g/mol. The molecule has 3 rings (SSSR count). The molecule has 190 valence electrons. The maximum atomic E-state index is 13.2. The van der Waals surface area contributed by atoms with Gasteiger partial charge in [-0.3, -0.25) is 14.8 Å². The van der Waals surface area contributed by atoms with Gasteiger partial charge in [-0.25, -0.2) is 4.98 Å². The van der Waals surface area contributed by atoms with Crippen LogP contribution in [0.1, 0.15) is 55.1 Å². The van der Waals surface area contributed by atoms with Crippen LogP contribution < -0.4 is 5.32 Å². The maximum absolute atomic E-state index is 13.2. The van der Waals surface area contributed by atoms with E-state index in [1.54, 1.807) is 21.7 Å². The third kappa shape index (κ3) is 6.55. The van der Waals surface area contributed by atoms with E-state index in [0.717, 1.165) is 33.1 Å². The molecule has 2 aromatic heterocycles. The summed E-state index contributed by atoms with van der Waals surface area (Å²) in [5, 5.41) is 31.9. The molecule has 1 fully saturated rings. The van der Waals surface area contributed by atoms with Crippen molar-refractivity contribution in [2.75, 3.05) is 13.1 Å². The predicted octanol–water partition coefficient (Wildman–Crippen LogP) is 3.31. The summed E-state index contributed by atoms with van der Waals surface area (Å²) >= 11 is 1.55. The normalized spacial score (nSPS) is 21.1. The second-order valence-electron chi connectivity index (χ2n) is 9.47. The third-order valence-electron chi connectivity index (χ3n) is 6.44. The van der Waals surface area contributed by atoms with Crippen LogP contribution in [0.5, 0.6) is 0 Å². The minimum absolute atomic E-state index is 0.0872. The highest BCUT2D eigenvalue weighted by molar-refractivity contribution is 7.11. The zero-order valence-corrected chi connectivity index (χ0v) is 22.0. The van der Waals surface area contributed by atoms with Crippen molar-refractivity contribution in [1.82, 2.24) is 25.4 Å². The molecule has 9 heteroatoms. The van der Waals surface area contributed by atoms with Gasteiger partial charge in [-0.05, 0) is 50.3 Å². The lowest BCUT2D eigenvalue weighted by atomic mass is 9.89. The van der Waals surface area contributed by atoms with Crippen molar-refractivity contribution in [3.05, 3.63) is 63.9 Å². The van der Waals surface area contributed by atoms with Crippen LogP contribution in [0.4, 0.5) is 0 Å². The monoisotopic (exact) mass is 499 g/mol. The number of aryl methyl sites for hydroxylation is 2. The van der Waals surface area contributed by atoms with E-state index < -0.39 is 18.4 Å². The number of hydrogen-bond acceptors (Lipinski definition) is 7. The number of aliphatic hydroxyl groups excluding tert-OH is 2. The molecule has 3 heterocycles. The van der Waals surface area contributed by atoms with E-state index in [1.165, 1.54) is 0 Å². The molecule has 0 aliphatic carbocycles. The fourth-order valence-electron chi connectivity index (χ4n) is 4.50. The van der Waals surface area contributed by atoms with Gasteiger partial charge >= 0.3 is 0 Å². The number of nitrogens with zero attached hydrogens (tertiary/aromatic N) is 3. The topological polar surface area (TPSA) is 114 Å². The van der Waals surface area contributed by atoms with Crippen molar-refractivity contribution in [2.24, 2.45) is 5.92 Å². The predicted molar refractivity (Wildman–Crippen MR) is 140 cm³/mol. The first-order valence-corrected chi connectivity index (χ1v) is 12.8. The number of H-pyrrole nitrogens is 1. The molecule has 1 amide bonds. The average Bonchev–Trinajstić information content (AvgIpc) is 3.53. The second-order valence-corrected chi connectivity index (χ2v) is 10.3. The lowest BCUT2D eigenvalue weighted by Gasteiger charge is -2.35. The molecule has 0 spiro atoms. The fourth-order valence-corrected chi connectivity index (χ4v) is 5.26. The number of rotatable bonds is 10. The molecule has 0 bridgehead atoms. The number of aliphatic hydroxyl groups is 2. The zero-order valence-electron chi connectivity index (χ0n) is 21.2. The van der Waals surface area contributed by atoms with E-state index in [-0.39, 0.29) is 30.7 Å². The Morgan fingerprint density at radius 3 is 2.71 bits per heavy atom. The van der Waals surface area contributed by atoms with Crippen molar-refractivity contribution in [3.63, 3.8) is 0 Å². The summed E-state index contributed by atoms with van der Waals surface area (Å²) in [4.78, 5) is 20.2. The fraction of sp³-hybridized carbons (Fsp3) is 0.500. The SMILES string of the molecule is C=C(/C=C\C(=C/C)CNC(=O)[C@@H]1C[C@@H](O)CN1C(O)[C@@H](c1cc(C)[nH]n1)C(C)C)c1scnc1C. The molecule has 1 aliphatic rings. The van der Waals surface area contributed by atoms with E-state index in [9.17, 15) is 15.0 Å². The molecule has 4 atom stereocenters. The zero-order chi connectivity index (χ0) is 25.7. The Balaban J connectivity index is 1.66. The van der Waals surface area contributed by atoms with Crippen molar-refractivity contribution >= 4 is 22.8 Å². The summed E-state index contributed by atoms with van der Waals surface area (Å²) in [5.74, 6) is -0.425. The molecule has 0 radical (unpaired) electrons.